The highest BCUT2D eigenvalue weighted by atomic mass is 19.4. The highest BCUT2D eigenvalue weighted by Crippen LogP contribution is 2.47. The van der Waals surface area contributed by atoms with E-state index in [0.717, 1.165) is 47.4 Å². The van der Waals surface area contributed by atoms with Gasteiger partial charge in [0.2, 0.25) is 0 Å². The van der Waals surface area contributed by atoms with Gasteiger partial charge in [-0.2, -0.15) is 13.2 Å². The van der Waals surface area contributed by atoms with Crippen molar-refractivity contribution in [3.63, 3.8) is 0 Å². The fourth-order valence-corrected chi connectivity index (χ4v) is 4.86. The average Bonchev–Trinajstić information content (AvgIpc) is 2.78. The van der Waals surface area contributed by atoms with E-state index in [1.165, 1.54) is 23.3 Å². The van der Waals surface area contributed by atoms with Crippen LogP contribution in [0.2, 0.25) is 0 Å². The van der Waals surface area contributed by atoms with Crippen LogP contribution in [0.3, 0.4) is 0 Å². The zero-order chi connectivity index (χ0) is 25.6. The largest absolute Gasteiger partial charge is 0.478 e. The molecule has 0 aliphatic heterocycles. The third-order valence-electron chi connectivity index (χ3n) is 7.08. The first kappa shape index (κ1) is 24.8. The molecule has 3 aromatic carbocycles. The van der Waals surface area contributed by atoms with Crippen LogP contribution < -0.4 is 0 Å². The minimum atomic E-state index is -4.49. The van der Waals surface area contributed by atoms with E-state index in [4.69, 9.17) is 5.11 Å². The molecular weight excluding hydrogens is 449 g/mol. The quantitative estimate of drug-likeness (QED) is 0.232. The summed E-state index contributed by atoms with van der Waals surface area (Å²) in [5.74, 6) is -1.17. The Balaban J connectivity index is 1.85. The summed E-state index contributed by atoms with van der Waals surface area (Å²) in [4.78, 5) is 11.1. The van der Waals surface area contributed by atoms with Gasteiger partial charge in [-0.3, -0.25) is 0 Å². The third kappa shape index (κ3) is 5.19. The van der Waals surface area contributed by atoms with Crippen molar-refractivity contribution < 1.29 is 23.1 Å². The molecule has 0 fully saturated rings. The molecular formula is C30H29F3O2. The first-order valence-corrected chi connectivity index (χ1v) is 11.7. The first-order valence-electron chi connectivity index (χ1n) is 11.7. The van der Waals surface area contributed by atoms with Crippen LogP contribution in [0.15, 0.2) is 66.7 Å². The van der Waals surface area contributed by atoms with Crippen LogP contribution >= 0.6 is 0 Å². The van der Waals surface area contributed by atoms with Gasteiger partial charge in [0, 0.05) is 6.08 Å². The van der Waals surface area contributed by atoms with E-state index in [0.29, 0.717) is 11.1 Å². The molecule has 0 spiro atoms. The molecule has 0 aromatic heterocycles. The molecule has 1 aliphatic carbocycles. The summed E-state index contributed by atoms with van der Waals surface area (Å²) in [6, 6.07) is 15.4. The number of rotatable bonds is 4. The minimum absolute atomic E-state index is 0.0539. The van der Waals surface area contributed by atoms with Gasteiger partial charge in [0.15, 0.2) is 0 Å². The second kappa shape index (κ2) is 8.71. The minimum Gasteiger partial charge on any atom is -0.478 e. The third-order valence-corrected chi connectivity index (χ3v) is 7.08. The van der Waals surface area contributed by atoms with E-state index >= 15 is 0 Å². The molecule has 0 radical (unpaired) electrons. The van der Waals surface area contributed by atoms with E-state index < -0.39 is 17.7 Å². The van der Waals surface area contributed by atoms with Crippen molar-refractivity contribution in [1.82, 2.24) is 0 Å². The maximum atomic E-state index is 13.3. The van der Waals surface area contributed by atoms with Gasteiger partial charge < -0.3 is 5.11 Å². The number of allylic oxidation sites excluding steroid dienone is 2. The predicted molar refractivity (Wildman–Crippen MR) is 135 cm³/mol. The maximum Gasteiger partial charge on any atom is 0.416 e. The number of hydrogen-bond donors (Lipinski definition) is 1. The Kier molecular flexibility index (Phi) is 6.16. The Morgan fingerprint density at radius 1 is 0.857 bits per heavy atom. The summed E-state index contributed by atoms with van der Waals surface area (Å²) >= 11 is 0. The van der Waals surface area contributed by atoms with Gasteiger partial charge >= 0.3 is 12.1 Å². The molecule has 4 rings (SSSR count). The highest BCUT2D eigenvalue weighted by molar-refractivity contribution is 5.94. The summed E-state index contributed by atoms with van der Waals surface area (Å²) in [6.45, 7) is 9.08. The molecule has 0 bridgehead atoms. The van der Waals surface area contributed by atoms with Crippen LogP contribution in [0.4, 0.5) is 13.2 Å². The van der Waals surface area contributed by atoms with Gasteiger partial charge in [-0.05, 0) is 92.6 Å². The van der Waals surface area contributed by atoms with Crippen molar-refractivity contribution >= 4 is 28.4 Å². The van der Waals surface area contributed by atoms with Crippen molar-refractivity contribution in [2.24, 2.45) is 0 Å². The van der Waals surface area contributed by atoms with Crippen LogP contribution in [-0.2, 0) is 21.8 Å². The number of carboxylic acid groups (broad SMARTS) is 1. The lowest BCUT2D eigenvalue weighted by Gasteiger charge is -2.42. The molecule has 0 unspecified atom stereocenters. The Morgan fingerprint density at radius 3 is 2.09 bits per heavy atom. The number of fused-ring (bicyclic) bond motifs is 2. The Bertz CT molecular complexity index is 1360. The van der Waals surface area contributed by atoms with Gasteiger partial charge in [0.05, 0.1) is 5.56 Å². The van der Waals surface area contributed by atoms with Crippen molar-refractivity contribution in [2.45, 2.75) is 57.5 Å². The lowest BCUT2D eigenvalue weighted by atomic mass is 9.63. The van der Waals surface area contributed by atoms with E-state index in [1.807, 2.05) is 18.2 Å². The molecule has 3 aromatic rings. The molecule has 35 heavy (non-hydrogen) atoms. The zero-order valence-corrected chi connectivity index (χ0v) is 20.3. The van der Waals surface area contributed by atoms with Gasteiger partial charge in [0.25, 0.3) is 0 Å². The molecule has 2 nitrogen and oxygen atoms in total. The van der Waals surface area contributed by atoms with Crippen molar-refractivity contribution in [3.05, 3.63) is 94.6 Å². The monoisotopic (exact) mass is 478 g/mol. The fraction of sp³-hybridized carbons (Fsp3) is 0.300. The summed E-state index contributed by atoms with van der Waals surface area (Å²) in [5.41, 5.74) is 3.52. The van der Waals surface area contributed by atoms with Gasteiger partial charge in [-0.15, -0.1) is 0 Å². The number of benzene rings is 3. The zero-order valence-electron chi connectivity index (χ0n) is 20.3. The molecule has 0 atom stereocenters. The van der Waals surface area contributed by atoms with Crippen LogP contribution in [-0.4, -0.2) is 11.1 Å². The van der Waals surface area contributed by atoms with E-state index in [9.17, 15) is 18.0 Å². The SMILES string of the molecule is CC1(C)CCC(C)(C)c2cc3cc(/C=C(/C=CC(=O)O)c4cccc(C(F)(F)F)c4)ccc3cc21. The molecule has 1 aliphatic rings. The lowest BCUT2D eigenvalue weighted by molar-refractivity contribution is -0.137. The van der Waals surface area contributed by atoms with Crippen LogP contribution in [0.25, 0.3) is 22.4 Å². The predicted octanol–water partition coefficient (Wildman–Crippen LogP) is 8.39. The van der Waals surface area contributed by atoms with Crippen molar-refractivity contribution in [2.75, 3.05) is 0 Å². The molecule has 0 amide bonds. The molecule has 1 N–H and O–H groups in total. The van der Waals surface area contributed by atoms with E-state index in [2.05, 4.69) is 39.8 Å². The molecule has 182 valence electrons. The number of carbonyl (C=O) groups is 1. The topological polar surface area (TPSA) is 37.3 Å². The van der Waals surface area contributed by atoms with E-state index in [-0.39, 0.29) is 10.8 Å². The normalized spacial score (nSPS) is 17.5. The van der Waals surface area contributed by atoms with Crippen LogP contribution in [0, 0.1) is 0 Å². The fourth-order valence-electron chi connectivity index (χ4n) is 4.86. The van der Waals surface area contributed by atoms with Gasteiger partial charge in [0.1, 0.15) is 0 Å². The standard InChI is InChI=1S/C30H29F3O2/c1-28(2)12-13-29(3,4)26-18-23-15-19(8-9-22(23)17-25(26)28)14-21(10-11-27(34)35)20-6-5-7-24(16-20)30(31,32)33/h5-11,14-18H,12-13H2,1-4H3,(H,34,35)/b11-10?,21-14-. The van der Waals surface area contributed by atoms with Crippen LogP contribution in [0.5, 0.6) is 0 Å². The molecule has 0 saturated heterocycles. The van der Waals surface area contributed by atoms with Gasteiger partial charge in [-0.1, -0.05) is 64.1 Å². The first-order chi connectivity index (χ1) is 16.3. The molecule has 0 heterocycles. The van der Waals surface area contributed by atoms with Crippen molar-refractivity contribution in [1.29, 1.82) is 0 Å². The summed E-state index contributed by atoms with van der Waals surface area (Å²) < 4.78 is 39.8. The number of aliphatic carboxylic acids is 1. The second-order valence-corrected chi connectivity index (χ2v) is 10.6. The summed E-state index contributed by atoms with van der Waals surface area (Å²) in [5, 5.41) is 11.3. The molecule has 0 saturated carbocycles. The number of halogens is 3. The Labute approximate surface area is 203 Å². The number of alkyl halides is 3. The van der Waals surface area contributed by atoms with E-state index in [1.54, 1.807) is 12.1 Å². The number of carboxylic acids is 1. The number of hydrogen-bond acceptors (Lipinski definition) is 1. The van der Waals surface area contributed by atoms with Crippen LogP contribution in [0.1, 0.15) is 68.4 Å². The summed E-state index contributed by atoms with van der Waals surface area (Å²) in [7, 11) is 0. The summed E-state index contributed by atoms with van der Waals surface area (Å²) in [6.07, 6.45) is 1.73. The smallest absolute Gasteiger partial charge is 0.416 e. The van der Waals surface area contributed by atoms with Crippen molar-refractivity contribution in [3.8, 4) is 0 Å². The second-order valence-electron chi connectivity index (χ2n) is 10.6. The molecule has 5 heteroatoms. The highest BCUT2D eigenvalue weighted by Gasteiger charge is 2.37. The maximum absolute atomic E-state index is 13.3. The average molecular weight is 479 g/mol. The Morgan fingerprint density at radius 2 is 1.49 bits per heavy atom. The Hall–Kier alpha value is -3.34. The van der Waals surface area contributed by atoms with Gasteiger partial charge in [-0.25, -0.2) is 4.79 Å². The lowest BCUT2D eigenvalue weighted by Crippen LogP contribution is -2.33.